The molecule has 6 aromatic carbocycles. The molecule has 8 rings (SSSR count). The minimum Gasteiger partial charge on any atom is -0.453 e. The molecule has 0 spiro atoms. The number of aryl methyl sites for hydroxylation is 4. The van der Waals surface area contributed by atoms with Crippen LogP contribution in [0, 0.1) is 5.82 Å². The molecule has 6 aromatic rings. The quantitative estimate of drug-likeness (QED) is 0.0918. The summed E-state index contributed by atoms with van der Waals surface area (Å²) >= 11 is 0. The number of hydrogen-bond acceptors (Lipinski definition) is 3. The van der Waals surface area contributed by atoms with Crippen LogP contribution < -0.4 is 9.64 Å². The lowest BCUT2D eigenvalue weighted by molar-refractivity contribution is 0.519. The van der Waals surface area contributed by atoms with Gasteiger partial charge in [0.05, 0.1) is 12.0 Å². The van der Waals surface area contributed by atoms with E-state index >= 15 is 4.39 Å². The molecule has 0 fully saturated rings. The summed E-state index contributed by atoms with van der Waals surface area (Å²) in [5, 5.41) is 1.79. The van der Waals surface area contributed by atoms with Crippen LogP contribution in [-0.4, -0.2) is 19.4 Å². The molecule has 0 N–H and O–H groups in total. The van der Waals surface area contributed by atoms with Crippen molar-refractivity contribution < 1.29 is 9.13 Å². The highest BCUT2D eigenvalue weighted by molar-refractivity contribution is 6.21. The Balaban J connectivity index is 1.45. The van der Waals surface area contributed by atoms with Gasteiger partial charge in [0.1, 0.15) is 11.6 Å². The third kappa shape index (κ3) is 8.71. The number of anilines is 1. The third-order valence-electron chi connectivity index (χ3n) is 12.4. The first-order chi connectivity index (χ1) is 29.5. The van der Waals surface area contributed by atoms with Gasteiger partial charge in [-0.3, -0.25) is 4.99 Å². The van der Waals surface area contributed by atoms with E-state index in [1.54, 1.807) is 12.1 Å². The van der Waals surface area contributed by atoms with E-state index in [0.717, 1.165) is 169 Å². The van der Waals surface area contributed by atoms with E-state index in [1.165, 1.54) is 22.3 Å². The summed E-state index contributed by atoms with van der Waals surface area (Å²) in [7, 11) is 0. The fraction of sp³-hybridized carbons (Fsp3) is 0.339. The Morgan fingerprint density at radius 3 is 1.50 bits per heavy atom. The molecule has 0 atom stereocenters. The number of halogens is 1. The number of ether oxygens (including phenoxy) is 1. The number of rotatable bonds is 17. The maximum Gasteiger partial charge on any atom is 0.160 e. The highest BCUT2D eigenvalue weighted by atomic mass is 19.1. The van der Waals surface area contributed by atoms with Gasteiger partial charge in [0, 0.05) is 40.7 Å². The average Bonchev–Trinajstić information content (AvgIpc) is 3.29. The highest BCUT2D eigenvalue weighted by Gasteiger charge is 2.34. The molecule has 0 bridgehead atoms. The van der Waals surface area contributed by atoms with Gasteiger partial charge >= 0.3 is 0 Å². The molecule has 0 radical (unpaired) electrons. The summed E-state index contributed by atoms with van der Waals surface area (Å²) in [4.78, 5) is 7.14. The minimum atomic E-state index is -0.259. The summed E-state index contributed by atoms with van der Waals surface area (Å²) < 4.78 is 24.3. The largest absolute Gasteiger partial charge is 0.453 e. The van der Waals surface area contributed by atoms with E-state index < -0.39 is 0 Å². The molecule has 0 unspecified atom stereocenters. The second-order valence-electron chi connectivity index (χ2n) is 16.9. The van der Waals surface area contributed by atoms with Gasteiger partial charge in [-0.1, -0.05) is 150 Å². The van der Waals surface area contributed by atoms with Gasteiger partial charge in [0.15, 0.2) is 5.75 Å². The third-order valence-corrected chi connectivity index (χ3v) is 12.4. The molecule has 60 heavy (non-hydrogen) atoms. The molecule has 4 heteroatoms. The molecular weight excluding hydrogens is 736 g/mol. The van der Waals surface area contributed by atoms with Crippen LogP contribution in [0.1, 0.15) is 124 Å². The van der Waals surface area contributed by atoms with E-state index in [9.17, 15) is 0 Å². The van der Waals surface area contributed by atoms with E-state index in [0.29, 0.717) is 0 Å². The Bertz CT molecular complexity index is 2460. The molecule has 0 saturated carbocycles. The van der Waals surface area contributed by atoms with Gasteiger partial charge < -0.3 is 9.64 Å². The Morgan fingerprint density at radius 2 is 1.03 bits per heavy atom. The van der Waals surface area contributed by atoms with E-state index in [1.807, 2.05) is 6.34 Å². The predicted molar refractivity (Wildman–Crippen MR) is 254 cm³/mol. The molecule has 0 saturated heterocycles. The molecule has 2 aliphatic rings. The number of nitrogens with zero attached hydrogens (tertiary/aromatic N) is 2. The van der Waals surface area contributed by atoms with Crippen LogP contribution in [0.2, 0.25) is 0 Å². The molecule has 2 aliphatic heterocycles. The molecule has 2 heterocycles. The first-order valence-corrected chi connectivity index (χ1v) is 22.9. The SMILES string of the molecule is CCCCc1ccc(C2=C(c3ccc(CCCC)cc3)c3cc(F)cc4c(-c5ccc(CCCC)cc5)c(-c5ccc(CCCC)cc5)c(N5C=NCCC5)c(c34)O2)cc1. The first kappa shape index (κ1) is 41.3. The molecular formula is C56H61FN2O. The van der Waals surface area contributed by atoms with E-state index in [2.05, 4.69) is 130 Å². The Hall–Kier alpha value is -5.48. The second kappa shape index (κ2) is 19.3. The summed E-state index contributed by atoms with van der Waals surface area (Å²) in [5.41, 5.74) is 14.3. The van der Waals surface area contributed by atoms with Crippen molar-refractivity contribution >= 4 is 34.1 Å². The van der Waals surface area contributed by atoms with Crippen molar-refractivity contribution in [3.8, 4) is 28.0 Å². The van der Waals surface area contributed by atoms with Crippen molar-refractivity contribution in [1.82, 2.24) is 0 Å². The highest BCUT2D eigenvalue weighted by Crippen LogP contribution is 2.57. The van der Waals surface area contributed by atoms with Crippen LogP contribution in [0.15, 0.2) is 114 Å². The molecule has 0 aliphatic carbocycles. The van der Waals surface area contributed by atoms with E-state index in [4.69, 9.17) is 9.73 Å². The van der Waals surface area contributed by atoms with Gasteiger partial charge in [-0.15, -0.1) is 0 Å². The van der Waals surface area contributed by atoms with Gasteiger partial charge in [-0.25, -0.2) is 4.39 Å². The smallest absolute Gasteiger partial charge is 0.160 e. The number of unbranched alkanes of at least 4 members (excludes halogenated alkanes) is 4. The monoisotopic (exact) mass is 796 g/mol. The molecule has 308 valence electrons. The van der Waals surface area contributed by atoms with Gasteiger partial charge in [-0.2, -0.15) is 0 Å². The standard InChI is InChI=1S/C56H61FN2O/c1-5-9-14-39-18-26-43(27-19-39)50-48-36-47(57)37-49-51(44-28-20-40(21-29-44)15-10-6-2)55(46-32-24-42(25-33-46)17-12-8-4)60-56(53(48)49)54(59-35-13-34-58-38-59)52(50)45-30-22-41(23-31-45)16-11-7-3/h18-33,36-38H,5-17,34-35H2,1-4H3. The normalized spacial score (nSPS) is 13.7. The fourth-order valence-corrected chi connectivity index (χ4v) is 9.03. The molecule has 3 nitrogen and oxygen atoms in total. The van der Waals surface area contributed by atoms with Gasteiger partial charge in [-0.05, 0) is 120 Å². The maximum absolute atomic E-state index is 16.8. The van der Waals surface area contributed by atoms with Crippen LogP contribution >= 0.6 is 0 Å². The number of benzene rings is 6. The lowest BCUT2D eigenvalue weighted by atomic mass is 9.81. The summed E-state index contributed by atoms with van der Waals surface area (Å²) in [5.74, 6) is 1.25. The topological polar surface area (TPSA) is 24.8 Å². The Labute approximate surface area is 358 Å². The van der Waals surface area contributed by atoms with E-state index in [-0.39, 0.29) is 5.82 Å². The fourth-order valence-electron chi connectivity index (χ4n) is 9.03. The van der Waals surface area contributed by atoms with Crippen LogP contribution in [0.25, 0.3) is 44.4 Å². The number of aliphatic imine (C=N–C) groups is 1. The van der Waals surface area contributed by atoms with Crippen LogP contribution in [0.5, 0.6) is 5.75 Å². The zero-order valence-electron chi connectivity index (χ0n) is 36.3. The lowest BCUT2D eigenvalue weighted by Crippen LogP contribution is -2.28. The van der Waals surface area contributed by atoms with Crippen molar-refractivity contribution in [1.29, 1.82) is 0 Å². The van der Waals surface area contributed by atoms with Crippen LogP contribution in [-0.2, 0) is 25.7 Å². The van der Waals surface area contributed by atoms with Gasteiger partial charge in [0.2, 0.25) is 0 Å². The average molecular weight is 797 g/mol. The van der Waals surface area contributed by atoms with Crippen molar-refractivity contribution in [2.24, 2.45) is 4.99 Å². The predicted octanol–water partition coefficient (Wildman–Crippen LogP) is 15.2. The van der Waals surface area contributed by atoms with Crippen molar-refractivity contribution in [2.45, 2.75) is 111 Å². The second-order valence-corrected chi connectivity index (χ2v) is 16.9. The minimum absolute atomic E-state index is 0.259. The Morgan fingerprint density at radius 1 is 0.567 bits per heavy atom. The van der Waals surface area contributed by atoms with Crippen LogP contribution in [0.4, 0.5) is 10.1 Å². The zero-order valence-corrected chi connectivity index (χ0v) is 36.3. The Kier molecular flexibility index (Phi) is 13.3. The summed E-state index contributed by atoms with van der Waals surface area (Å²) in [6.07, 6.45) is 16.3. The van der Waals surface area contributed by atoms with Crippen molar-refractivity contribution in [3.63, 3.8) is 0 Å². The maximum atomic E-state index is 16.8. The zero-order chi connectivity index (χ0) is 41.4. The first-order valence-electron chi connectivity index (χ1n) is 22.9. The molecule has 0 aromatic heterocycles. The van der Waals surface area contributed by atoms with Crippen molar-refractivity contribution in [3.05, 3.63) is 154 Å². The summed E-state index contributed by atoms with van der Waals surface area (Å²) in [6.45, 7) is 10.5. The number of hydrogen-bond donors (Lipinski definition) is 0. The lowest BCUT2D eigenvalue weighted by Gasteiger charge is -2.34. The van der Waals surface area contributed by atoms with Gasteiger partial charge in [0.25, 0.3) is 0 Å². The molecule has 0 amide bonds. The van der Waals surface area contributed by atoms with Crippen LogP contribution in [0.3, 0.4) is 0 Å². The van der Waals surface area contributed by atoms with Crippen molar-refractivity contribution in [2.75, 3.05) is 18.0 Å². The summed E-state index contributed by atoms with van der Waals surface area (Å²) in [6, 6.07) is 39.4.